The van der Waals surface area contributed by atoms with Crippen LogP contribution in [0.1, 0.15) is 32.6 Å². The van der Waals surface area contributed by atoms with Crippen LogP contribution >= 0.6 is 0 Å². The van der Waals surface area contributed by atoms with Gasteiger partial charge >= 0.3 is 125 Å². The molecule has 1 unspecified atom stereocenters. The van der Waals surface area contributed by atoms with Gasteiger partial charge in [-0.3, -0.25) is 0 Å². The molecule has 0 saturated heterocycles. The Morgan fingerprint density at radius 2 is 1.63 bits per heavy atom. The van der Waals surface area contributed by atoms with Crippen LogP contribution in [0.25, 0.3) is 0 Å². The predicted octanol–water partition coefficient (Wildman–Crippen LogP) is 6.40. The van der Waals surface area contributed by atoms with Gasteiger partial charge in [0.25, 0.3) is 0 Å². The summed E-state index contributed by atoms with van der Waals surface area (Å²) in [5, 5.41) is 7.82. The summed E-state index contributed by atoms with van der Waals surface area (Å²) >= 11 is -1.73. The third-order valence-electron chi connectivity index (χ3n) is 4.65. The van der Waals surface area contributed by atoms with Crippen LogP contribution in [-0.2, 0) is 16.6 Å². The molecular weight excluding hydrogens is 280 g/mol. The summed E-state index contributed by atoms with van der Waals surface area (Å²) < 4.78 is 1.95. The fourth-order valence-corrected chi connectivity index (χ4v) is 9.80. The minimum atomic E-state index is -1.73. The molecule has 19 heavy (non-hydrogen) atoms. The molecule has 0 aromatic carbocycles. The van der Waals surface area contributed by atoms with Crippen LogP contribution in [0.5, 0.6) is 0 Å². The molecule has 0 heterocycles. The molecule has 0 fully saturated rings. The maximum absolute atomic E-state index is 2.61. The zero-order valence-corrected chi connectivity index (χ0v) is 16.7. The van der Waals surface area contributed by atoms with Crippen LogP contribution in [-0.4, -0.2) is 8.07 Å². The van der Waals surface area contributed by atoms with Gasteiger partial charge < -0.3 is 0 Å². The second-order valence-electron chi connectivity index (χ2n) is 8.82. The van der Waals surface area contributed by atoms with Crippen molar-refractivity contribution in [2.24, 2.45) is 5.92 Å². The van der Waals surface area contributed by atoms with Crippen molar-refractivity contribution in [2.45, 2.75) is 74.0 Å². The summed E-state index contributed by atoms with van der Waals surface area (Å²) in [6, 6.07) is 1.44. The topological polar surface area (TPSA) is 0 Å². The molecule has 0 nitrogen and oxygen atoms in total. The van der Waals surface area contributed by atoms with E-state index in [2.05, 4.69) is 42.3 Å². The van der Waals surface area contributed by atoms with Gasteiger partial charge in [0.2, 0.25) is 0 Å². The fourth-order valence-electron chi connectivity index (χ4n) is 4.06. The summed E-state index contributed by atoms with van der Waals surface area (Å²) in [4.78, 5) is 0. The van der Waals surface area contributed by atoms with Crippen LogP contribution in [0.4, 0.5) is 0 Å². The molecule has 0 amide bonds. The summed E-state index contributed by atoms with van der Waals surface area (Å²) in [7, 11) is -1.00. The van der Waals surface area contributed by atoms with Crippen molar-refractivity contribution in [3.05, 3.63) is 20.6 Å². The SMILES string of the molecule is CC1C2=C(CCCC2)[C]([Ti]([CH3])([CH3])[CH3])=C1C[Si](C)(C)C. The van der Waals surface area contributed by atoms with Crippen molar-refractivity contribution in [2.75, 3.05) is 0 Å². The van der Waals surface area contributed by atoms with Gasteiger partial charge in [-0.05, 0) is 0 Å². The molecule has 2 aliphatic rings. The normalized spacial score (nSPS) is 25.1. The molecular formula is C17H32SiTi. The predicted molar refractivity (Wildman–Crippen MR) is 87.4 cm³/mol. The summed E-state index contributed by atoms with van der Waals surface area (Å²) in [5.41, 5.74) is 5.62. The Morgan fingerprint density at radius 1 is 1.05 bits per heavy atom. The first-order valence-corrected chi connectivity index (χ1v) is 17.2. The van der Waals surface area contributed by atoms with Gasteiger partial charge in [0.15, 0.2) is 0 Å². The average Bonchev–Trinajstić information content (AvgIpc) is 2.50. The Balaban J connectivity index is 2.47. The van der Waals surface area contributed by atoms with E-state index in [0.717, 1.165) is 5.92 Å². The first-order valence-electron chi connectivity index (χ1n) is 8.07. The van der Waals surface area contributed by atoms with E-state index < -0.39 is 24.7 Å². The Labute approximate surface area is 125 Å². The van der Waals surface area contributed by atoms with Crippen molar-refractivity contribution < 1.29 is 16.6 Å². The Kier molecular flexibility index (Phi) is 4.42. The Hall–Kier alpha value is 0.411. The zero-order valence-electron chi connectivity index (χ0n) is 14.1. The van der Waals surface area contributed by atoms with E-state index in [0.29, 0.717) is 0 Å². The van der Waals surface area contributed by atoms with E-state index in [9.17, 15) is 0 Å². The van der Waals surface area contributed by atoms with Crippen molar-refractivity contribution in [3.63, 3.8) is 0 Å². The van der Waals surface area contributed by atoms with Crippen LogP contribution < -0.4 is 0 Å². The van der Waals surface area contributed by atoms with Crippen LogP contribution in [0.15, 0.2) is 20.6 Å². The molecule has 2 aliphatic carbocycles. The van der Waals surface area contributed by atoms with E-state index in [-0.39, 0.29) is 0 Å². The molecule has 2 heteroatoms. The van der Waals surface area contributed by atoms with Crippen molar-refractivity contribution in [1.29, 1.82) is 0 Å². The first-order chi connectivity index (χ1) is 8.61. The zero-order chi connectivity index (χ0) is 14.4. The molecule has 0 bridgehead atoms. The van der Waals surface area contributed by atoms with Gasteiger partial charge in [-0.2, -0.15) is 0 Å². The molecule has 0 aromatic heterocycles. The average molecular weight is 312 g/mol. The van der Waals surface area contributed by atoms with Gasteiger partial charge in [-0.25, -0.2) is 0 Å². The number of hydrogen-bond acceptors (Lipinski definition) is 0. The van der Waals surface area contributed by atoms with Crippen LogP contribution in [0, 0.1) is 5.92 Å². The van der Waals surface area contributed by atoms with Crippen LogP contribution in [0.3, 0.4) is 0 Å². The monoisotopic (exact) mass is 312 g/mol. The minimum absolute atomic E-state index is 0.793. The molecule has 1 atom stereocenters. The summed E-state index contributed by atoms with van der Waals surface area (Å²) in [6.07, 6.45) is 5.67. The molecule has 0 radical (unpaired) electrons. The van der Waals surface area contributed by atoms with Gasteiger partial charge in [0, 0.05) is 0 Å². The maximum atomic E-state index is 2.61. The second kappa shape index (κ2) is 5.31. The molecule has 0 N–H and O–H groups in total. The molecule has 108 valence electrons. The number of rotatable bonds is 3. The van der Waals surface area contributed by atoms with Gasteiger partial charge in [-0.15, -0.1) is 0 Å². The Morgan fingerprint density at radius 3 is 2.16 bits per heavy atom. The molecule has 0 aromatic rings. The molecule has 2 rings (SSSR count). The van der Waals surface area contributed by atoms with Crippen molar-refractivity contribution >= 4 is 8.07 Å². The molecule has 0 spiro atoms. The molecule has 0 aliphatic heterocycles. The molecule has 0 saturated carbocycles. The van der Waals surface area contributed by atoms with Crippen molar-refractivity contribution in [3.8, 4) is 0 Å². The Bertz CT molecular complexity index is 429. The first kappa shape index (κ1) is 15.8. The van der Waals surface area contributed by atoms with E-state index in [4.69, 9.17) is 0 Å². The van der Waals surface area contributed by atoms with E-state index in [1.165, 1.54) is 31.7 Å². The van der Waals surface area contributed by atoms with E-state index in [1.54, 1.807) is 0 Å². The van der Waals surface area contributed by atoms with Crippen LogP contribution in [0.2, 0.25) is 41.4 Å². The van der Waals surface area contributed by atoms with Crippen molar-refractivity contribution in [1.82, 2.24) is 0 Å². The number of allylic oxidation sites excluding steroid dienone is 4. The fraction of sp³-hybridized carbons (Fsp3) is 0.765. The van der Waals surface area contributed by atoms with Gasteiger partial charge in [-0.1, -0.05) is 0 Å². The standard InChI is InChI=1S/C14H23Si.3CH3.Ti/c1-11-13(10-15(2,3)4)9-12-7-5-6-8-14(11)12;;;;/h11H,5-8,10H2,1-4H3;3*1H3;. The number of hydrogen-bond donors (Lipinski definition) is 0. The van der Waals surface area contributed by atoms with E-state index >= 15 is 0 Å². The second-order valence-corrected chi connectivity index (χ2v) is 22.1. The third-order valence-corrected chi connectivity index (χ3v) is 9.41. The quantitative estimate of drug-likeness (QED) is 0.529. The van der Waals surface area contributed by atoms with Gasteiger partial charge in [0.05, 0.1) is 0 Å². The summed E-state index contributed by atoms with van der Waals surface area (Å²) in [5.74, 6) is 0.793. The van der Waals surface area contributed by atoms with E-state index in [1.807, 2.05) is 20.6 Å². The van der Waals surface area contributed by atoms with Gasteiger partial charge in [0.1, 0.15) is 0 Å². The summed E-state index contributed by atoms with van der Waals surface area (Å²) in [6.45, 7) is 10.1. The third kappa shape index (κ3) is 3.36.